The Bertz CT molecular complexity index is 522. The van der Waals surface area contributed by atoms with Gasteiger partial charge in [-0.3, -0.25) is 19.3 Å². The minimum absolute atomic E-state index is 0.111. The van der Waals surface area contributed by atoms with Crippen LogP contribution in [0.3, 0.4) is 0 Å². The molecule has 102 valence electrons. The van der Waals surface area contributed by atoms with E-state index in [1.807, 2.05) is 0 Å². The molecule has 4 N–H and O–H groups in total. The number of carbonyl (C=O) groups excluding carboxylic acids is 2. The molecule has 0 unspecified atom stereocenters. The number of nitrogens with two attached hydrogens (primary N) is 1. The third kappa shape index (κ3) is 3.09. The number of carboxylic acid groups (broad SMARTS) is 1. The number of nitrogens with one attached hydrogen (secondary N) is 1. The van der Waals surface area contributed by atoms with Gasteiger partial charge >= 0.3 is 5.97 Å². The summed E-state index contributed by atoms with van der Waals surface area (Å²) in [4.78, 5) is 35.1. The van der Waals surface area contributed by atoms with Crippen molar-refractivity contribution in [3.8, 4) is 0 Å². The van der Waals surface area contributed by atoms with Crippen molar-refractivity contribution >= 4 is 34.1 Å². The number of rotatable bonds is 5. The minimum Gasteiger partial charge on any atom is -0.481 e. The second-order valence-electron chi connectivity index (χ2n) is 4.31. The third-order valence-corrected chi connectivity index (χ3v) is 3.69. The molecule has 8 heteroatoms. The van der Waals surface area contributed by atoms with Gasteiger partial charge in [-0.2, -0.15) is 0 Å². The van der Waals surface area contributed by atoms with E-state index in [-0.39, 0.29) is 18.0 Å². The summed E-state index contributed by atoms with van der Waals surface area (Å²) in [6, 6.07) is 1.55. The predicted molar refractivity (Wildman–Crippen MR) is 69.0 cm³/mol. The number of thiophene rings is 1. The van der Waals surface area contributed by atoms with Crippen LogP contribution >= 0.6 is 11.3 Å². The van der Waals surface area contributed by atoms with Crippen molar-refractivity contribution in [1.29, 1.82) is 0 Å². The molecule has 1 aliphatic heterocycles. The Kier molecular flexibility index (Phi) is 3.82. The van der Waals surface area contributed by atoms with Gasteiger partial charge in [0.15, 0.2) is 0 Å². The molecule has 0 atom stereocenters. The van der Waals surface area contributed by atoms with Crippen LogP contribution in [0.15, 0.2) is 11.4 Å². The molecule has 0 aliphatic carbocycles. The van der Waals surface area contributed by atoms with Crippen LogP contribution in [0.1, 0.15) is 10.4 Å². The van der Waals surface area contributed by atoms with Crippen LogP contribution in [0.5, 0.6) is 0 Å². The van der Waals surface area contributed by atoms with Gasteiger partial charge in [0.2, 0.25) is 5.91 Å². The predicted octanol–water partition coefficient (Wildman–Crippen LogP) is -0.198. The fraction of sp³-hybridized carbons (Fsp3) is 0.364. The zero-order valence-electron chi connectivity index (χ0n) is 9.96. The standard InChI is InChI=1S/C11H13N3O4S/c12-9(16)7-1-2-19-10(7)13-8(15)5-14-3-6(4-14)11(17)18/h1-2,6H,3-5H2,(H2,12,16)(H,13,15)(H,17,18). The Labute approximate surface area is 113 Å². The lowest BCUT2D eigenvalue weighted by atomic mass is 10.0. The third-order valence-electron chi connectivity index (χ3n) is 2.86. The summed E-state index contributed by atoms with van der Waals surface area (Å²) in [6.45, 7) is 0.853. The summed E-state index contributed by atoms with van der Waals surface area (Å²) in [6.07, 6.45) is 0. The number of nitrogens with zero attached hydrogens (tertiary/aromatic N) is 1. The number of amides is 2. The van der Waals surface area contributed by atoms with E-state index in [1.165, 1.54) is 11.3 Å². The molecule has 7 nitrogen and oxygen atoms in total. The molecule has 19 heavy (non-hydrogen) atoms. The Morgan fingerprint density at radius 3 is 2.74 bits per heavy atom. The van der Waals surface area contributed by atoms with Crippen LogP contribution < -0.4 is 11.1 Å². The minimum atomic E-state index is -0.842. The number of likely N-dealkylation sites (tertiary alicyclic amines) is 1. The van der Waals surface area contributed by atoms with Gasteiger partial charge in [0.25, 0.3) is 5.91 Å². The number of primary amides is 1. The first kappa shape index (κ1) is 13.5. The first-order chi connectivity index (χ1) is 8.97. The van der Waals surface area contributed by atoms with Crippen molar-refractivity contribution in [2.24, 2.45) is 11.7 Å². The van der Waals surface area contributed by atoms with Crippen molar-refractivity contribution in [2.45, 2.75) is 0 Å². The molecular weight excluding hydrogens is 270 g/mol. The maximum Gasteiger partial charge on any atom is 0.309 e. The van der Waals surface area contributed by atoms with Crippen LogP contribution in [0.2, 0.25) is 0 Å². The van der Waals surface area contributed by atoms with E-state index in [9.17, 15) is 14.4 Å². The summed E-state index contributed by atoms with van der Waals surface area (Å²) >= 11 is 1.22. The lowest BCUT2D eigenvalue weighted by Gasteiger charge is -2.35. The largest absolute Gasteiger partial charge is 0.481 e. The molecule has 2 heterocycles. The molecule has 2 rings (SSSR count). The molecule has 2 amide bonds. The molecule has 1 fully saturated rings. The number of carboxylic acids is 1. The van der Waals surface area contributed by atoms with Gasteiger partial charge < -0.3 is 16.2 Å². The van der Waals surface area contributed by atoms with E-state index < -0.39 is 17.8 Å². The Morgan fingerprint density at radius 2 is 2.16 bits per heavy atom. The van der Waals surface area contributed by atoms with Gasteiger partial charge in [-0.25, -0.2) is 0 Å². The van der Waals surface area contributed by atoms with Crippen LogP contribution in [0, 0.1) is 5.92 Å². The van der Waals surface area contributed by atoms with Gasteiger partial charge in [0.1, 0.15) is 5.00 Å². The van der Waals surface area contributed by atoms with Crippen molar-refractivity contribution in [1.82, 2.24) is 4.90 Å². The normalized spacial score (nSPS) is 15.8. The molecule has 1 aliphatic rings. The monoisotopic (exact) mass is 283 g/mol. The summed E-state index contributed by atoms with van der Waals surface area (Å²) in [5.41, 5.74) is 5.45. The average Bonchev–Trinajstić information content (AvgIpc) is 2.70. The molecule has 1 aromatic heterocycles. The molecule has 0 aromatic carbocycles. The summed E-state index contributed by atoms with van der Waals surface area (Å²) in [5.74, 6) is -2.11. The van der Waals surface area contributed by atoms with E-state index in [4.69, 9.17) is 10.8 Å². The van der Waals surface area contributed by atoms with Crippen molar-refractivity contribution < 1.29 is 19.5 Å². The van der Waals surface area contributed by atoms with E-state index >= 15 is 0 Å². The maximum atomic E-state index is 11.7. The van der Waals surface area contributed by atoms with Crippen LogP contribution in [-0.4, -0.2) is 47.4 Å². The number of hydrogen-bond acceptors (Lipinski definition) is 5. The quantitative estimate of drug-likeness (QED) is 0.692. The average molecular weight is 283 g/mol. The first-order valence-electron chi connectivity index (χ1n) is 5.59. The number of anilines is 1. The maximum absolute atomic E-state index is 11.7. The smallest absolute Gasteiger partial charge is 0.309 e. The van der Waals surface area contributed by atoms with Crippen molar-refractivity contribution in [3.05, 3.63) is 17.0 Å². The zero-order valence-corrected chi connectivity index (χ0v) is 10.8. The van der Waals surface area contributed by atoms with Crippen molar-refractivity contribution in [3.63, 3.8) is 0 Å². The highest BCUT2D eigenvalue weighted by atomic mass is 32.1. The Hall–Kier alpha value is -1.93. The number of aliphatic carboxylic acids is 1. The Balaban J connectivity index is 1.84. The lowest BCUT2D eigenvalue weighted by Crippen LogP contribution is -2.52. The first-order valence-corrected chi connectivity index (χ1v) is 6.47. The molecule has 1 saturated heterocycles. The highest BCUT2D eigenvalue weighted by Gasteiger charge is 2.33. The van der Waals surface area contributed by atoms with Gasteiger partial charge in [-0.1, -0.05) is 0 Å². The lowest BCUT2D eigenvalue weighted by molar-refractivity contribution is -0.148. The summed E-state index contributed by atoms with van der Waals surface area (Å²) < 4.78 is 0. The van der Waals surface area contributed by atoms with Gasteiger partial charge in [-0.15, -0.1) is 11.3 Å². The summed E-state index contributed by atoms with van der Waals surface area (Å²) in [7, 11) is 0. The van der Waals surface area contributed by atoms with Gasteiger partial charge in [0.05, 0.1) is 18.0 Å². The molecule has 0 radical (unpaired) electrons. The van der Waals surface area contributed by atoms with Crippen LogP contribution in [0.25, 0.3) is 0 Å². The second-order valence-corrected chi connectivity index (χ2v) is 5.22. The van der Waals surface area contributed by atoms with E-state index in [1.54, 1.807) is 16.3 Å². The number of hydrogen-bond donors (Lipinski definition) is 3. The number of carbonyl (C=O) groups is 3. The highest BCUT2D eigenvalue weighted by molar-refractivity contribution is 7.14. The van der Waals surface area contributed by atoms with Crippen molar-refractivity contribution in [2.75, 3.05) is 25.0 Å². The molecule has 0 saturated carbocycles. The van der Waals surface area contributed by atoms with E-state index in [0.717, 1.165) is 0 Å². The molecule has 0 bridgehead atoms. The SMILES string of the molecule is NC(=O)c1ccsc1NC(=O)CN1CC(C(=O)O)C1. The summed E-state index contributed by atoms with van der Waals surface area (Å²) in [5, 5.41) is 13.4. The molecule has 0 spiro atoms. The van der Waals surface area contributed by atoms with Crippen LogP contribution in [0.4, 0.5) is 5.00 Å². The molecular formula is C11H13N3O4S. The van der Waals surface area contributed by atoms with Gasteiger partial charge in [0, 0.05) is 13.1 Å². The zero-order chi connectivity index (χ0) is 14.0. The van der Waals surface area contributed by atoms with E-state index in [0.29, 0.717) is 18.1 Å². The topological polar surface area (TPSA) is 113 Å². The van der Waals surface area contributed by atoms with Gasteiger partial charge in [-0.05, 0) is 11.4 Å². The van der Waals surface area contributed by atoms with E-state index in [2.05, 4.69) is 5.32 Å². The second kappa shape index (κ2) is 5.37. The molecule has 1 aromatic rings. The highest BCUT2D eigenvalue weighted by Crippen LogP contribution is 2.23. The fourth-order valence-electron chi connectivity index (χ4n) is 1.82. The Morgan fingerprint density at radius 1 is 1.47 bits per heavy atom. The van der Waals surface area contributed by atoms with Crippen LogP contribution in [-0.2, 0) is 9.59 Å². The fourth-order valence-corrected chi connectivity index (χ4v) is 2.63.